The van der Waals surface area contributed by atoms with Crippen molar-refractivity contribution >= 4 is 17.6 Å². The number of nitrogens with zero attached hydrogens (tertiary/aromatic N) is 1. The lowest BCUT2D eigenvalue weighted by Crippen LogP contribution is -2.46. The number of carbonyl (C=O) groups is 3. The van der Waals surface area contributed by atoms with E-state index in [1.54, 1.807) is 0 Å². The molecule has 0 aromatic carbocycles. The van der Waals surface area contributed by atoms with Gasteiger partial charge in [0, 0.05) is 13.2 Å². The molecular weight excluding hydrogens is 294 g/mol. The Morgan fingerprint density at radius 1 is 1.41 bits per heavy atom. The Bertz CT molecular complexity index is 552. The highest BCUT2D eigenvalue weighted by atomic mass is 16.5. The van der Waals surface area contributed by atoms with Crippen molar-refractivity contribution in [2.24, 2.45) is 0 Å². The van der Waals surface area contributed by atoms with Crippen molar-refractivity contribution in [2.75, 3.05) is 20.8 Å². The lowest BCUT2D eigenvalue weighted by Gasteiger charge is -2.16. The fourth-order valence-electron chi connectivity index (χ4n) is 1.44. The van der Waals surface area contributed by atoms with Crippen molar-refractivity contribution in [1.29, 1.82) is 0 Å². The number of methoxy groups -OCH3 is 2. The van der Waals surface area contributed by atoms with Gasteiger partial charge >= 0.3 is 0 Å². The molecule has 1 atom stereocenters. The topological polar surface area (TPSA) is 120 Å². The largest absolute Gasteiger partial charge is 0.502 e. The van der Waals surface area contributed by atoms with Crippen LogP contribution in [0, 0.1) is 0 Å². The van der Waals surface area contributed by atoms with Crippen LogP contribution in [0.5, 0.6) is 0 Å². The predicted molar refractivity (Wildman–Crippen MR) is 73.5 cm³/mol. The van der Waals surface area contributed by atoms with Crippen LogP contribution < -0.4 is 10.6 Å². The quantitative estimate of drug-likeness (QED) is 0.495. The summed E-state index contributed by atoms with van der Waals surface area (Å²) in [7, 11) is 2.72. The first kappa shape index (κ1) is 17.4. The summed E-state index contributed by atoms with van der Waals surface area (Å²) >= 11 is 0. The fraction of sp³-hybridized carbons (Fsp3) is 0.385. The molecule has 22 heavy (non-hydrogen) atoms. The molecular formula is C13H17N3O6. The molecule has 0 aliphatic carbocycles. The first-order valence-corrected chi connectivity index (χ1v) is 6.24. The summed E-state index contributed by atoms with van der Waals surface area (Å²) in [5.41, 5.74) is -0.187. The van der Waals surface area contributed by atoms with E-state index in [1.165, 1.54) is 33.5 Å². The van der Waals surface area contributed by atoms with Gasteiger partial charge in [-0.2, -0.15) is 0 Å². The monoisotopic (exact) mass is 311 g/mol. The molecule has 2 amide bonds. The molecule has 0 saturated heterocycles. The van der Waals surface area contributed by atoms with Crippen LogP contribution in [0.1, 0.15) is 17.4 Å². The van der Waals surface area contributed by atoms with Crippen molar-refractivity contribution in [3.05, 3.63) is 30.0 Å². The second-order valence-electron chi connectivity index (χ2n) is 4.20. The first-order valence-electron chi connectivity index (χ1n) is 6.24. The summed E-state index contributed by atoms with van der Waals surface area (Å²) in [5, 5.41) is 8.20. The van der Waals surface area contributed by atoms with Gasteiger partial charge in [-0.15, -0.1) is 0 Å². The molecule has 1 aromatic heterocycles. The Balaban J connectivity index is 2.77. The number of ether oxygens (including phenoxy) is 2. The van der Waals surface area contributed by atoms with Crippen LogP contribution in [0.2, 0.25) is 0 Å². The van der Waals surface area contributed by atoms with Gasteiger partial charge in [0.15, 0.2) is 11.5 Å². The van der Waals surface area contributed by atoms with Gasteiger partial charge in [0.05, 0.1) is 13.7 Å². The van der Waals surface area contributed by atoms with E-state index in [0.29, 0.717) is 0 Å². The van der Waals surface area contributed by atoms with Crippen LogP contribution in [0.4, 0.5) is 0 Å². The van der Waals surface area contributed by atoms with Crippen molar-refractivity contribution in [3.63, 3.8) is 0 Å². The third-order valence-corrected chi connectivity index (χ3v) is 2.53. The fourth-order valence-corrected chi connectivity index (χ4v) is 1.44. The number of nitrogens with one attached hydrogen (secondary N) is 2. The Kier molecular flexibility index (Phi) is 6.77. The molecule has 0 saturated carbocycles. The normalized spacial score (nSPS) is 12.4. The van der Waals surface area contributed by atoms with E-state index in [2.05, 4.69) is 20.3 Å². The van der Waals surface area contributed by atoms with Crippen LogP contribution in [0.15, 0.2) is 28.8 Å². The maximum Gasteiger partial charge on any atom is 0.278 e. The van der Waals surface area contributed by atoms with Crippen LogP contribution in [0.3, 0.4) is 0 Å². The standard InChI is InChI=1S/C13H17N3O6/c1-8(17)10(6-20-2)14-13(19)11(7-21-3)15-12(18)9-4-5-22-16-9/h4-5,7,10H,6H2,1-3H3,(H,14,19)(H,15,18)/b11-7+/t10-/m0/s1. The Morgan fingerprint density at radius 2 is 2.14 bits per heavy atom. The zero-order chi connectivity index (χ0) is 16.5. The molecule has 1 rings (SSSR count). The van der Waals surface area contributed by atoms with Crippen LogP contribution in [-0.2, 0) is 19.1 Å². The molecule has 0 bridgehead atoms. The molecule has 9 nitrogen and oxygen atoms in total. The van der Waals surface area contributed by atoms with Crippen molar-refractivity contribution in [3.8, 4) is 0 Å². The molecule has 1 heterocycles. The molecule has 9 heteroatoms. The molecule has 0 spiro atoms. The molecule has 1 aromatic rings. The van der Waals surface area contributed by atoms with Gasteiger partial charge in [-0.1, -0.05) is 5.16 Å². The van der Waals surface area contributed by atoms with Gasteiger partial charge in [-0.25, -0.2) is 0 Å². The Hall–Kier alpha value is -2.68. The molecule has 0 aliphatic rings. The van der Waals surface area contributed by atoms with E-state index in [1.807, 2.05) is 0 Å². The van der Waals surface area contributed by atoms with Gasteiger partial charge in [0.2, 0.25) is 0 Å². The van der Waals surface area contributed by atoms with Crippen molar-refractivity contribution in [1.82, 2.24) is 15.8 Å². The summed E-state index contributed by atoms with van der Waals surface area (Å²) in [6, 6.07) is 0.503. The predicted octanol–water partition coefficient (Wildman–Crippen LogP) is -0.388. The average Bonchev–Trinajstić information content (AvgIpc) is 3.00. The average molecular weight is 311 g/mol. The van der Waals surface area contributed by atoms with E-state index in [-0.39, 0.29) is 23.8 Å². The second-order valence-corrected chi connectivity index (χ2v) is 4.20. The van der Waals surface area contributed by atoms with Gasteiger partial charge in [-0.05, 0) is 6.92 Å². The highest BCUT2D eigenvalue weighted by Crippen LogP contribution is 1.99. The highest BCUT2D eigenvalue weighted by molar-refractivity contribution is 6.03. The van der Waals surface area contributed by atoms with Gasteiger partial charge < -0.3 is 24.6 Å². The van der Waals surface area contributed by atoms with E-state index in [4.69, 9.17) is 9.47 Å². The number of rotatable bonds is 8. The molecule has 2 N–H and O–H groups in total. The summed E-state index contributed by atoms with van der Waals surface area (Å²) in [5.74, 6) is -1.64. The minimum Gasteiger partial charge on any atom is -0.502 e. The third kappa shape index (κ3) is 5.02. The summed E-state index contributed by atoms with van der Waals surface area (Å²) in [6.07, 6.45) is 2.26. The van der Waals surface area contributed by atoms with Gasteiger partial charge in [0.25, 0.3) is 11.8 Å². The smallest absolute Gasteiger partial charge is 0.278 e. The number of carbonyl (C=O) groups excluding carboxylic acids is 3. The molecule has 0 fully saturated rings. The maximum absolute atomic E-state index is 12.1. The number of aromatic nitrogens is 1. The summed E-state index contributed by atoms with van der Waals surface area (Å²) < 4.78 is 14.1. The summed E-state index contributed by atoms with van der Waals surface area (Å²) in [4.78, 5) is 35.3. The van der Waals surface area contributed by atoms with Crippen LogP contribution >= 0.6 is 0 Å². The lowest BCUT2D eigenvalue weighted by molar-refractivity contribution is -0.126. The van der Waals surface area contributed by atoms with E-state index < -0.39 is 17.9 Å². The number of amides is 2. The number of Topliss-reactive ketones (excluding diaryl/α,β-unsaturated/α-hetero) is 1. The molecule has 120 valence electrons. The molecule has 0 radical (unpaired) electrons. The lowest BCUT2D eigenvalue weighted by atomic mass is 10.2. The maximum atomic E-state index is 12.1. The number of ketones is 1. The third-order valence-electron chi connectivity index (χ3n) is 2.53. The van der Waals surface area contributed by atoms with Crippen molar-refractivity contribution in [2.45, 2.75) is 13.0 Å². The van der Waals surface area contributed by atoms with Gasteiger partial charge in [-0.3, -0.25) is 14.4 Å². The minimum atomic E-state index is -0.832. The van der Waals surface area contributed by atoms with E-state index >= 15 is 0 Å². The Labute approximate surface area is 126 Å². The van der Waals surface area contributed by atoms with Crippen LogP contribution in [-0.4, -0.2) is 49.6 Å². The Morgan fingerprint density at radius 3 is 2.64 bits per heavy atom. The van der Waals surface area contributed by atoms with E-state index in [9.17, 15) is 14.4 Å². The zero-order valence-corrected chi connectivity index (χ0v) is 12.4. The summed E-state index contributed by atoms with van der Waals surface area (Å²) in [6.45, 7) is 1.33. The molecule has 0 aliphatic heterocycles. The number of hydrogen-bond acceptors (Lipinski definition) is 7. The SMILES string of the molecule is CO/C=C(/NC(=O)c1ccon1)C(=O)N[C@@H](COC)C(C)=O. The second kappa shape index (κ2) is 8.57. The molecule has 0 unspecified atom stereocenters. The van der Waals surface area contributed by atoms with E-state index in [0.717, 1.165) is 6.26 Å². The minimum absolute atomic E-state index is 0.00480. The zero-order valence-electron chi connectivity index (χ0n) is 12.4. The van der Waals surface area contributed by atoms with Gasteiger partial charge in [0.1, 0.15) is 24.3 Å². The first-order chi connectivity index (χ1) is 10.5. The van der Waals surface area contributed by atoms with Crippen LogP contribution in [0.25, 0.3) is 0 Å². The highest BCUT2D eigenvalue weighted by Gasteiger charge is 2.22. The number of hydrogen-bond donors (Lipinski definition) is 2. The van der Waals surface area contributed by atoms with Crippen molar-refractivity contribution < 1.29 is 28.4 Å².